The summed E-state index contributed by atoms with van der Waals surface area (Å²) >= 11 is 0. The first-order valence-corrected chi connectivity index (χ1v) is 12.6. The first-order valence-electron chi connectivity index (χ1n) is 12.6. The molecule has 2 rings (SSSR count). The van der Waals surface area contributed by atoms with Gasteiger partial charge in [0, 0.05) is 13.1 Å². The van der Waals surface area contributed by atoms with Gasteiger partial charge in [0.25, 0.3) is 5.91 Å². The summed E-state index contributed by atoms with van der Waals surface area (Å²) in [5, 5.41) is 18.7. The van der Waals surface area contributed by atoms with Crippen LogP contribution in [0.3, 0.4) is 0 Å². The van der Waals surface area contributed by atoms with E-state index in [1.54, 1.807) is 20.8 Å². The van der Waals surface area contributed by atoms with Crippen molar-refractivity contribution in [3.63, 3.8) is 0 Å². The molecule has 2 aromatic rings. The highest BCUT2D eigenvalue weighted by Gasteiger charge is 2.27. The average Bonchev–Trinajstić information content (AvgIpc) is 2.86. The van der Waals surface area contributed by atoms with Gasteiger partial charge in [-0.1, -0.05) is 60.7 Å². The molecule has 0 aromatic heterocycles. The van der Waals surface area contributed by atoms with E-state index >= 15 is 0 Å². The van der Waals surface area contributed by atoms with Crippen LogP contribution in [0.5, 0.6) is 0 Å². The van der Waals surface area contributed by atoms with Crippen molar-refractivity contribution >= 4 is 18.1 Å². The van der Waals surface area contributed by atoms with Crippen molar-refractivity contribution < 1.29 is 29.0 Å². The van der Waals surface area contributed by atoms with Crippen molar-refractivity contribution in [2.75, 3.05) is 13.1 Å². The van der Waals surface area contributed by atoms with Gasteiger partial charge in [-0.2, -0.15) is 0 Å². The summed E-state index contributed by atoms with van der Waals surface area (Å²) in [5.74, 6) is -0.573. The molecule has 0 spiro atoms. The maximum absolute atomic E-state index is 12.6. The van der Waals surface area contributed by atoms with Gasteiger partial charge in [0.2, 0.25) is 0 Å². The topological polar surface area (TPSA) is 126 Å². The highest BCUT2D eigenvalue weighted by atomic mass is 16.6. The zero-order valence-electron chi connectivity index (χ0n) is 21.9. The zero-order chi connectivity index (χ0) is 27.1. The number of alkyl carbamates (subject to hydrolysis) is 2. The third-order valence-corrected chi connectivity index (χ3v) is 5.33. The second-order valence-corrected chi connectivity index (χ2v) is 9.71. The number of hydrogen-bond donors (Lipinski definition) is 4. The Morgan fingerprint density at radius 3 is 2.08 bits per heavy atom. The Labute approximate surface area is 218 Å². The second kappa shape index (κ2) is 15.5. The van der Waals surface area contributed by atoms with Crippen LogP contribution in [0.2, 0.25) is 0 Å². The highest BCUT2D eigenvalue weighted by molar-refractivity contribution is 5.82. The van der Waals surface area contributed by atoms with E-state index in [2.05, 4.69) is 16.0 Å². The lowest BCUT2D eigenvalue weighted by molar-refractivity contribution is -0.130. The van der Waals surface area contributed by atoms with Gasteiger partial charge in [0.15, 0.2) is 6.10 Å². The smallest absolute Gasteiger partial charge is 0.407 e. The lowest BCUT2D eigenvalue weighted by Crippen LogP contribution is -2.51. The van der Waals surface area contributed by atoms with Crippen LogP contribution in [0, 0.1) is 0 Å². The second-order valence-electron chi connectivity index (χ2n) is 9.71. The SMILES string of the molecule is CC(C)(C)OC(=O)NCCCC[C@H](NC(=O)OCc1ccccc1)C(O)C(=O)NCCc1ccccc1. The van der Waals surface area contributed by atoms with Crippen molar-refractivity contribution in [3.8, 4) is 0 Å². The molecule has 2 aromatic carbocycles. The van der Waals surface area contributed by atoms with E-state index < -0.39 is 35.8 Å². The summed E-state index contributed by atoms with van der Waals surface area (Å²) in [4.78, 5) is 36.8. The van der Waals surface area contributed by atoms with Crippen molar-refractivity contribution in [1.82, 2.24) is 16.0 Å². The van der Waals surface area contributed by atoms with E-state index in [4.69, 9.17) is 9.47 Å². The fraction of sp³-hybridized carbons (Fsp3) is 0.464. The molecule has 0 saturated heterocycles. The molecule has 0 fully saturated rings. The molecule has 0 saturated carbocycles. The Bertz CT molecular complexity index is 963. The molecule has 0 aliphatic rings. The standard InChI is InChI=1S/C28H39N3O6/c1-28(2,3)37-26(34)30-18-11-10-16-23(31-27(35)36-20-22-14-8-5-9-15-22)24(32)25(33)29-19-17-21-12-6-4-7-13-21/h4-9,12-15,23-24,32H,10-11,16-20H2,1-3H3,(H,29,33)(H,30,34)(H,31,35)/t23-,24?/m0/s1. The van der Waals surface area contributed by atoms with E-state index in [1.165, 1.54) is 0 Å². The van der Waals surface area contributed by atoms with E-state index in [1.807, 2.05) is 60.7 Å². The van der Waals surface area contributed by atoms with Crippen molar-refractivity contribution in [3.05, 3.63) is 71.8 Å². The van der Waals surface area contributed by atoms with Crippen molar-refractivity contribution in [2.24, 2.45) is 0 Å². The van der Waals surface area contributed by atoms with Crippen LogP contribution in [0.1, 0.15) is 51.2 Å². The number of benzene rings is 2. The Balaban J connectivity index is 1.85. The quantitative estimate of drug-likeness (QED) is 0.303. The van der Waals surface area contributed by atoms with Crippen LogP contribution in [0.25, 0.3) is 0 Å². The predicted octanol–water partition coefficient (Wildman–Crippen LogP) is 3.70. The van der Waals surface area contributed by atoms with Crippen LogP contribution in [0.15, 0.2) is 60.7 Å². The summed E-state index contributed by atoms with van der Waals surface area (Å²) in [5.41, 5.74) is 1.30. The van der Waals surface area contributed by atoms with Crippen molar-refractivity contribution in [2.45, 2.75) is 70.8 Å². The minimum absolute atomic E-state index is 0.0680. The molecule has 4 N–H and O–H groups in total. The van der Waals surface area contributed by atoms with Crippen molar-refractivity contribution in [1.29, 1.82) is 0 Å². The van der Waals surface area contributed by atoms with Crippen LogP contribution in [-0.2, 0) is 27.3 Å². The van der Waals surface area contributed by atoms with Crippen LogP contribution in [-0.4, -0.2) is 54.0 Å². The maximum Gasteiger partial charge on any atom is 0.407 e. The van der Waals surface area contributed by atoms with Crippen LogP contribution >= 0.6 is 0 Å². The number of aliphatic hydroxyl groups is 1. The molecule has 37 heavy (non-hydrogen) atoms. The van der Waals surface area contributed by atoms with E-state index in [0.29, 0.717) is 38.8 Å². The summed E-state index contributed by atoms with van der Waals surface area (Å²) in [7, 11) is 0. The normalized spacial score (nSPS) is 12.6. The van der Waals surface area contributed by atoms with Gasteiger partial charge in [-0.3, -0.25) is 4.79 Å². The Morgan fingerprint density at radius 2 is 1.46 bits per heavy atom. The number of rotatable bonds is 13. The van der Waals surface area contributed by atoms with Gasteiger partial charge in [-0.15, -0.1) is 0 Å². The lowest BCUT2D eigenvalue weighted by Gasteiger charge is -2.23. The number of amides is 3. The Hall–Kier alpha value is -3.59. The molecule has 0 aliphatic carbocycles. The number of unbranched alkanes of at least 4 members (excludes halogenated alkanes) is 1. The van der Waals surface area contributed by atoms with E-state index in [9.17, 15) is 19.5 Å². The number of aliphatic hydroxyl groups excluding tert-OH is 1. The summed E-state index contributed by atoms with van der Waals surface area (Å²) in [6.45, 7) is 6.13. The van der Waals surface area contributed by atoms with Gasteiger partial charge in [-0.05, 0) is 57.6 Å². The summed E-state index contributed by atoms with van der Waals surface area (Å²) in [6.07, 6.45) is -0.663. The minimum atomic E-state index is -1.46. The minimum Gasteiger partial charge on any atom is -0.445 e. The van der Waals surface area contributed by atoms with Gasteiger partial charge < -0.3 is 30.5 Å². The third-order valence-electron chi connectivity index (χ3n) is 5.33. The molecule has 202 valence electrons. The van der Waals surface area contributed by atoms with Gasteiger partial charge >= 0.3 is 12.2 Å². The number of ether oxygens (including phenoxy) is 2. The molecule has 0 aliphatic heterocycles. The van der Waals surface area contributed by atoms with Gasteiger partial charge in [-0.25, -0.2) is 9.59 Å². The molecule has 0 bridgehead atoms. The Morgan fingerprint density at radius 1 is 0.838 bits per heavy atom. The fourth-order valence-corrected chi connectivity index (χ4v) is 3.48. The molecule has 9 nitrogen and oxygen atoms in total. The lowest BCUT2D eigenvalue weighted by atomic mass is 10.0. The predicted molar refractivity (Wildman–Crippen MR) is 141 cm³/mol. The fourth-order valence-electron chi connectivity index (χ4n) is 3.48. The van der Waals surface area contributed by atoms with Crippen LogP contribution < -0.4 is 16.0 Å². The van der Waals surface area contributed by atoms with E-state index in [-0.39, 0.29) is 6.61 Å². The third kappa shape index (κ3) is 12.8. The largest absolute Gasteiger partial charge is 0.445 e. The highest BCUT2D eigenvalue weighted by Crippen LogP contribution is 2.09. The van der Waals surface area contributed by atoms with E-state index in [0.717, 1.165) is 11.1 Å². The first kappa shape index (κ1) is 29.6. The number of carbonyl (C=O) groups excluding carboxylic acids is 3. The molecule has 3 amide bonds. The zero-order valence-corrected chi connectivity index (χ0v) is 21.9. The Kier molecular flexibility index (Phi) is 12.4. The summed E-state index contributed by atoms with van der Waals surface area (Å²) in [6, 6.07) is 18.0. The first-order chi connectivity index (χ1) is 17.6. The average molecular weight is 514 g/mol. The molecule has 0 heterocycles. The molecule has 2 atom stereocenters. The number of carbonyl (C=O) groups is 3. The molecular weight excluding hydrogens is 474 g/mol. The number of nitrogens with one attached hydrogen (secondary N) is 3. The maximum atomic E-state index is 12.6. The van der Waals surface area contributed by atoms with Crippen LogP contribution in [0.4, 0.5) is 9.59 Å². The van der Waals surface area contributed by atoms with Gasteiger partial charge in [0.05, 0.1) is 6.04 Å². The molecule has 0 radical (unpaired) electrons. The number of hydrogen-bond acceptors (Lipinski definition) is 6. The van der Waals surface area contributed by atoms with Gasteiger partial charge in [0.1, 0.15) is 12.2 Å². The molecule has 9 heteroatoms. The summed E-state index contributed by atoms with van der Waals surface area (Å²) < 4.78 is 10.5. The molecule has 1 unspecified atom stereocenters. The molecular formula is C28H39N3O6. The monoisotopic (exact) mass is 513 g/mol.